The number of aliphatic hydroxyl groups excluding tert-OH is 1. The molecule has 1 aliphatic heterocycles. The molecule has 0 spiro atoms. The van der Waals surface area contributed by atoms with Crippen LogP contribution in [0.5, 0.6) is 5.75 Å². The molecule has 2 aromatic rings. The molecule has 0 unspecified atom stereocenters. The molecule has 1 aliphatic carbocycles. The van der Waals surface area contributed by atoms with E-state index in [-0.39, 0.29) is 54.6 Å². The summed E-state index contributed by atoms with van der Waals surface area (Å²) in [4.78, 5) is 44.0. The predicted molar refractivity (Wildman–Crippen MR) is 180 cm³/mol. The van der Waals surface area contributed by atoms with E-state index in [0.717, 1.165) is 44.9 Å². The van der Waals surface area contributed by atoms with Crippen molar-refractivity contribution in [1.82, 2.24) is 15.0 Å². The second kappa shape index (κ2) is 17.0. The number of likely N-dealkylation sites (N-methyl/N-ethyl adjacent to an activating group) is 1. The number of aromatic nitrogens is 1. The highest BCUT2D eigenvalue weighted by molar-refractivity contribution is 6.03. The van der Waals surface area contributed by atoms with Crippen LogP contribution in [0.15, 0.2) is 22.7 Å². The third kappa shape index (κ3) is 9.70. The number of aliphatic hydroxyl groups is 1. The summed E-state index contributed by atoms with van der Waals surface area (Å²) in [6.07, 6.45) is 7.20. The summed E-state index contributed by atoms with van der Waals surface area (Å²) >= 11 is 0. The number of urea groups is 1. The van der Waals surface area contributed by atoms with Crippen LogP contribution in [0.1, 0.15) is 93.9 Å². The smallest absolute Gasteiger partial charge is 0.323 e. The molecule has 1 aromatic carbocycles. The van der Waals surface area contributed by atoms with Gasteiger partial charge < -0.3 is 39.5 Å². The third-order valence-corrected chi connectivity index (χ3v) is 9.37. The van der Waals surface area contributed by atoms with Gasteiger partial charge in [0.1, 0.15) is 17.1 Å². The van der Waals surface area contributed by atoms with Crippen molar-refractivity contribution in [2.24, 2.45) is 11.8 Å². The molecule has 0 bridgehead atoms. The highest BCUT2D eigenvalue weighted by atomic mass is 16.5. The first kappa shape index (κ1) is 36.2. The molecule has 1 aromatic heterocycles. The van der Waals surface area contributed by atoms with Crippen LogP contribution in [0.25, 0.3) is 0 Å². The van der Waals surface area contributed by atoms with E-state index in [4.69, 9.17) is 14.0 Å². The number of fused-ring (bicyclic) bond motifs is 1. The van der Waals surface area contributed by atoms with E-state index in [2.05, 4.69) is 15.8 Å². The Balaban J connectivity index is 1.59. The van der Waals surface area contributed by atoms with E-state index in [0.29, 0.717) is 41.7 Å². The van der Waals surface area contributed by atoms with Crippen LogP contribution in [0.2, 0.25) is 0 Å². The molecule has 4 amide bonds. The van der Waals surface area contributed by atoms with Gasteiger partial charge in [0.05, 0.1) is 30.4 Å². The van der Waals surface area contributed by atoms with Crippen molar-refractivity contribution in [3.8, 4) is 5.75 Å². The molecule has 12 nitrogen and oxygen atoms in total. The lowest BCUT2D eigenvalue weighted by atomic mass is 9.88. The molecular weight excluding hydrogens is 602 g/mol. The molecule has 12 heteroatoms. The van der Waals surface area contributed by atoms with Gasteiger partial charge in [0.15, 0.2) is 5.76 Å². The quantitative estimate of drug-likeness (QED) is 0.341. The van der Waals surface area contributed by atoms with Crippen molar-refractivity contribution >= 4 is 29.2 Å². The highest BCUT2D eigenvalue weighted by Gasteiger charge is 2.32. The summed E-state index contributed by atoms with van der Waals surface area (Å²) in [7, 11) is 1.85. The third-order valence-electron chi connectivity index (χ3n) is 9.37. The molecule has 0 radical (unpaired) electrons. The Morgan fingerprint density at radius 2 is 1.81 bits per heavy atom. The lowest BCUT2D eigenvalue weighted by molar-refractivity contribution is -0.137. The molecule has 0 saturated heterocycles. The normalized spacial score (nSPS) is 22.4. The van der Waals surface area contributed by atoms with Crippen LogP contribution in [0, 0.1) is 25.7 Å². The minimum absolute atomic E-state index is 0.0577. The Labute approximate surface area is 278 Å². The minimum atomic E-state index is -0.511. The van der Waals surface area contributed by atoms with Gasteiger partial charge in [0.2, 0.25) is 5.91 Å². The molecular formula is C35H53N5O7. The Morgan fingerprint density at radius 1 is 1.09 bits per heavy atom. The number of anilines is 2. The van der Waals surface area contributed by atoms with Crippen LogP contribution in [0.3, 0.4) is 0 Å². The van der Waals surface area contributed by atoms with Crippen molar-refractivity contribution in [2.75, 3.05) is 44.0 Å². The average molecular weight is 656 g/mol. The van der Waals surface area contributed by atoms with E-state index in [1.165, 1.54) is 6.42 Å². The number of ether oxygens (including phenoxy) is 2. The number of hydrogen-bond acceptors (Lipinski definition) is 8. The number of hydrogen-bond donors (Lipinski definition) is 3. The fourth-order valence-corrected chi connectivity index (χ4v) is 6.42. The molecule has 2 aliphatic rings. The largest absolute Gasteiger partial charge is 0.490 e. The Hall–Kier alpha value is -3.64. The number of benzene rings is 1. The van der Waals surface area contributed by atoms with Gasteiger partial charge in [-0.1, -0.05) is 31.3 Å². The van der Waals surface area contributed by atoms with Crippen LogP contribution in [-0.4, -0.2) is 89.5 Å². The summed E-state index contributed by atoms with van der Waals surface area (Å²) in [5, 5.41) is 19.7. The second-order valence-corrected chi connectivity index (χ2v) is 13.3. The van der Waals surface area contributed by atoms with Crippen molar-refractivity contribution < 1.29 is 33.5 Å². The van der Waals surface area contributed by atoms with Gasteiger partial charge in [0.25, 0.3) is 5.91 Å². The van der Waals surface area contributed by atoms with Gasteiger partial charge in [-0.2, -0.15) is 0 Å². The topological polar surface area (TPSA) is 146 Å². The van der Waals surface area contributed by atoms with E-state index in [1.807, 2.05) is 20.9 Å². The zero-order valence-electron chi connectivity index (χ0n) is 28.8. The first-order valence-electron chi connectivity index (χ1n) is 17.1. The maximum absolute atomic E-state index is 14.4. The van der Waals surface area contributed by atoms with Crippen molar-refractivity contribution in [3.63, 3.8) is 0 Å². The first-order chi connectivity index (χ1) is 22.5. The lowest BCUT2D eigenvalue weighted by Gasteiger charge is -2.36. The number of aryl methyl sites for hydroxylation is 2. The van der Waals surface area contributed by atoms with Crippen LogP contribution in [-0.2, 0) is 9.53 Å². The van der Waals surface area contributed by atoms with E-state index >= 15 is 0 Å². The zero-order valence-corrected chi connectivity index (χ0v) is 28.8. The molecule has 1 fully saturated rings. The summed E-state index contributed by atoms with van der Waals surface area (Å²) < 4.78 is 17.9. The lowest BCUT2D eigenvalue weighted by Crippen LogP contribution is -2.48. The SMILES string of the molecule is Cc1noc(C)c1NC(=O)Nc1ccc2c(c1)C(=O)N([C@H](C)CO)C[C@H](C)[C@@H](CN(C)C(=O)C1CCCCC1)OCCCC[C@H](C)O2. The fourth-order valence-electron chi connectivity index (χ4n) is 6.42. The first-order valence-corrected chi connectivity index (χ1v) is 17.1. The maximum atomic E-state index is 14.4. The van der Waals surface area contributed by atoms with Gasteiger partial charge >= 0.3 is 6.03 Å². The maximum Gasteiger partial charge on any atom is 0.323 e. The summed E-state index contributed by atoms with van der Waals surface area (Å²) in [5.41, 5.74) is 1.70. The Bertz CT molecular complexity index is 1340. The van der Waals surface area contributed by atoms with Gasteiger partial charge in [-0.05, 0) is 78.0 Å². The molecule has 3 N–H and O–H groups in total. The van der Waals surface area contributed by atoms with Gasteiger partial charge in [-0.3, -0.25) is 9.59 Å². The van der Waals surface area contributed by atoms with Gasteiger partial charge in [-0.15, -0.1) is 0 Å². The average Bonchev–Trinajstić information content (AvgIpc) is 3.37. The number of nitrogens with one attached hydrogen (secondary N) is 2. The zero-order chi connectivity index (χ0) is 34.1. The van der Waals surface area contributed by atoms with Crippen LogP contribution >= 0.6 is 0 Å². The molecule has 4 rings (SSSR count). The van der Waals surface area contributed by atoms with E-state index in [9.17, 15) is 19.5 Å². The van der Waals surface area contributed by atoms with Crippen LogP contribution < -0.4 is 15.4 Å². The Kier molecular flexibility index (Phi) is 13.1. The van der Waals surface area contributed by atoms with E-state index < -0.39 is 12.1 Å². The number of rotatable bonds is 7. The molecule has 4 atom stereocenters. The van der Waals surface area contributed by atoms with Gasteiger partial charge in [0, 0.05) is 44.3 Å². The van der Waals surface area contributed by atoms with Crippen molar-refractivity contribution in [2.45, 2.75) is 104 Å². The van der Waals surface area contributed by atoms with Gasteiger partial charge in [-0.25, -0.2) is 4.79 Å². The van der Waals surface area contributed by atoms with Crippen LogP contribution in [0.4, 0.5) is 16.2 Å². The summed E-state index contributed by atoms with van der Waals surface area (Å²) in [6.45, 7) is 10.2. The highest BCUT2D eigenvalue weighted by Crippen LogP contribution is 2.30. The standard InChI is InChI=1S/C35H53N5O7/c1-22-19-40(23(2)21-41)34(43)29-18-28(36-35(44)37-32-25(4)38-47-26(32)5)15-16-30(29)46-24(3)12-10-11-17-45-31(22)20-39(6)33(42)27-13-8-7-9-14-27/h15-16,18,22-24,27,31,41H,7-14,17,19-21H2,1-6H3,(H2,36,37,44)/t22-,23+,24-,31+/m0/s1. The van der Waals surface area contributed by atoms with E-state index in [1.54, 1.807) is 48.8 Å². The monoisotopic (exact) mass is 655 g/mol. The molecule has 1 saturated carbocycles. The second-order valence-electron chi connectivity index (χ2n) is 13.3. The molecule has 2 heterocycles. The fraction of sp³-hybridized carbons (Fsp3) is 0.657. The number of nitrogens with zero attached hydrogens (tertiary/aromatic N) is 3. The number of amides is 4. The minimum Gasteiger partial charge on any atom is -0.490 e. The Morgan fingerprint density at radius 3 is 2.49 bits per heavy atom. The number of carbonyl (C=O) groups excluding carboxylic acids is 3. The predicted octanol–water partition coefficient (Wildman–Crippen LogP) is 5.77. The summed E-state index contributed by atoms with van der Waals surface area (Å²) in [6, 6.07) is 3.98. The van der Waals surface area contributed by atoms with Crippen molar-refractivity contribution in [3.05, 3.63) is 35.2 Å². The summed E-state index contributed by atoms with van der Waals surface area (Å²) in [5.74, 6) is 0.622. The molecule has 47 heavy (non-hydrogen) atoms. The number of carbonyl (C=O) groups is 3. The molecule has 260 valence electrons. The van der Waals surface area contributed by atoms with Crippen molar-refractivity contribution in [1.29, 1.82) is 0 Å².